The topological polar surface area (TPSA) is 109 Å². The minimum absolute atomic E-state index is 0.417. The highest BCUT2D eigenvalue weighted by molar-refractivity contribution is 5.31. The van der Waals surface area contributed by atoms with Gasteiger partial charge in [0.2, 0.25) is 6.29 Å². The van der Waals surface area contributed by atoms with Crippen LogP contribution in [0.25, 0.3) is 0 Å². The van der Waals surface area contributed by atoms with Crippen molar-refractivity contribution < 1.29 is 34.6 Å². The van der Waals surface area contributed by atoms with Crippen LogP contribution >= 0.6 is 0 Å². The summed E-state index contributed by atoms with van der Waals surface area (Å²) in [6, 6.07) is 6.81. The van der Waals surface area contributed by atoms with Crippen molar-refractivity contribution in [3.05, 3.63) is 24.3 Å². The molecule has 1 saturated heterocycles. The van der Waals surface area contributed by atoms with Gasteiger partial charge in [0.05, 0.1) is 13.2 Å². The molecule has 0 amide bonds. The van der Waals surface area contributed by atoms with Crippen molar-refractivity contribution in [2.45, 2.75) is 56.9 Å². The molecular formula is C17H26O7. The van der Waals surface area contributed by atoms with Crippen LogP contribution in [0.15, 0.2) is 24.3 Å². The van der Waals surface area contributed by atoms with Crippen LogP contribution in [0.5, 0.6) is 11.5 Å². The van der Waals surface area contributed by atoms with Crippen LogP contribution in [-0.2, 0) is 4.74 Å². The van der Waals surface area contributed by atoms with Gasteiger partial charge in [-0.05, 0) is 30.7 Å². The monoisotopic (exact) mass is 342 g/mol. The van der Waals surface area contributed by atoms with Gasteiger partial charge in [0.1, 0.15) is 35.9 Å². The largest absolute Gasteiger partial charge is 0.494 e. The fraction of sp³-hybridized carbons (Fsp3) is 0.647. The first-order valence-electron chi connectivity index (χ1n) is 8.26. The van der Waals surface area contributed by atoms with Gasteiger partial charge < -0.3 is 34.6 Å². The molecule has 1 unspecified atom stereocenters. The van der Waals surface area contributed by atoms with Gasteiger partial charge >= 0.3 is 0 Å². The van der Waals surface area contributed by atoms with Crippen molar-refractivity contribution in [2.24, 2.45) is 0 Å². The van der Waals surface area contributed by atoms with Gasteiger partial charge in [-0.1, -0.05) is 19.8 Å². The molecule has 0 spiro atoms. The molecule has 24 heavy (non-hydrogen) atoms. The van der Waals surface area contributed by atoms with E-state index in [9.17, 15) is 15.3 Å². The molecule has 4 N–H and O–H groups in total. The van der Waals surface area contributed by atoms with E-state index in [4.69, 9.17) is 19.3 Å². The SMILES string of the molecule is CCCCCOc1ccc(OC2O[C@H](CO)[C@@H](O)[C@H](O)[C@H]2O)cc1. The molecule has 7 heteroatoms. The minimum Gasteiger partial charge on any atom is -0.494 e. The van der Waals surface area contributed by atoms with Crippen LogP contribution in [0.3, 0.4) is 0 Å². The van der Waals surface area contributed by atoms with Crippen LogP contribution in [0.2, 0.25) is 0 Å². The molecule has 136 valence electrons. The van der Waals surface area contributed by atoms with Gasteiger partial charge in [-0.3, -0.25) is 0 Å². The summed E-state index contributed by atoms with van der Waals surface area (Å²) in [6.45, 7) is 2.29. The number of ether oxygens (including phenoxy) is 3. The van der Waals surface area contributed by atoms with Crippen molar-refractivity contribution >= 4 is 0 Å². The zero-order valence-corrected chi connectivity index (χ0v) is 13.7. The third kappa shape index (κ3) is 4.81. The Morgan fingerprint density at radius 2 is 1.62 bits per heavy atom. The maximum absolute atomic E-state index is 9.94. The Morgan fingerprint density at radius 3 is 2.25 bits per heavy atom. The lowest BCUT2D eigenvalue weighted by atomic mass is 9.99. The van der Waals surface area contributed by atoms with E-state index in [0.717, 1.165) is 19.3 Å². The standard InChI is InChI=1S/C17H26O7/c1-2-3-4-9-22-11-5-7-12(8-6-11)23-17-16(21)15(20)14(19)13(10-18)24-17/h5-8,13-21H,2-4,9-10H2,1H3/t13-,14-,15+,16-,17?/m1/s1. The third-order valence-corrected chi connectivity index (χ3v) is 3.94. The summed E-state index contributed by atoms with van der Waals surface area (Å²) >= 11 is 0. The summed E-state index contributed by atoms with van der Waals surface area (Å²) in [5.41, 5.74) is 0. The van der Waals surface area contributed by atoms with Gasteiger partial charge in [-0.25, -0.2) is 0 Å². The zero-order valence-electron chi connectivity index (χ0n) is 13.7. The lowest BCUT2D eigenvalue weighted by Crippen LogP contribution is -2.60. The van der Waals surface area contributed by atoms with Gasteiger partial charge in [0, 0.05) is 0 Å². The molecule has 7 nitrogen and oxygen atoms in total. The molecule has 1 aliphatic heterocycles. The number of aliphatic hydroxyl groups excluding tert-OH is 4. The Balaban J connectivity index is 1.90. The minimum atomic E-state index is -1.46. The lowest BCUT2D eigenvalue weighted by molar-refractivity contribution is -0.277. The van der Waals surface area contributed by atoms with Crippen LogP contribution in [0, 0.1) is 0 Å². The van der Waals surface area contributed by atoms with Crippen molar-refractivity contribution in [1.29, 1.82) is 0 Å². The predicted molar refractivity (Wildman–Crippen MR) is 85.9 cm³/mol. The van der Waals surface area contributed by atoms with Crippen molar-refractivity contribution in [3.8, 4) is 11.5 Å². The highest BCUT2D eigenvalue weighted by atomic mass is 16.7. The Hall–Kier alpha value is -1.38. The van der Waals surface area contributed by atoms with E-state index in [1.54, 1.807) is 24.3 Å². The molecule has 1 aliphatic rings. The van der Waals surface area contributed by atoms with Gasteiger partial charge in [-0.2, -0.15) is 0 Å². The first-order valence-corrected chi connectivity index (χ1v) is 8.26. The number of rotatable bonds is 8. The molecule has 1 aromatic rings. The Kier molecular flexibility index (Phi) is 7.26. The highest BCUT2D eigenvalue weighted by Gasteiger charge is 2.44. The molecule has 0 aromatic heterocycles. The van der Waals surface area contributed by atoms with E-state index in [0.29, 0.717) is 18.1 Å². The zero-order chi connectivity index (χ0) is 17.5. The fourth-order valence-electron chi connectivity index (χ4n) is 2.46. The van der Waals surface area contributed by atoms with Crippen LogP contribution in [-0.4, -0.2) is 64.3 Å². The predicted octanol–water partition coefficient (Wildman–Crippen LogP) is 0.434. The van der Waals surface area contributed by atoms with Crippen molar-refractivity contribution in [3.63, 3.8) is 0 Å². The average molecular weight is 342 g/mol. The molecule has 0 aliphatic carbocycles. The molecule has 5 atom stereocenters. The van der Waals surface area contributed by atoms with E-state index in [2.05, 4.69) is 6.92 Å². The Labute approximate surface area is 141 Å². The quantitative estimate of drug-likeness (QED) is 0.508. The molecule has 0 bridgehead atoms. The number of benzene rings is 1. The highest BCUT2D eigenvalue weighted by Crippen LogP contribution is 2.25. The summed E-state index contributed by atoms with van der Waals surface area (Å²) in [6.07, 6.45) is -3.20. The summed E-state index contributed by atoms with van der Waals surface area (Å²) in [5.74, 6) is 1.13. The third-order valence-electron chi connectivity index (χ3n) is 3.94. The molecule has 0 saturated carbocycles. The summed E-state index contributed by atoms with van der Waals surface area (Å²) in [5, 5.41) is 38.6. The maximum atomic E-state index is 9.94. The second kappa shape index (κ2) is 9.19. The summed E-state index contributed by atoms with van der Waals surface area (Å²) in [7, 11) is 0. The summed E-state index contributed by atoms with van der Waals surface area (Å²) in [4.78, 5) is 0. The molecular weight excluding hydrogens is 316 g/mol. The van der Waals surface area contributed by atoms with E-state index in [-0.39, 0.29) is 0 Å². The van der Waals surface area contributed by atoms with Gasteiger partial charge in [-0.15, -0.1) is 0 Å². The van der Waals surface area contributed by atoms with Gasteiger partial charge in [0.25, 0.3) is 0 Å². The first kappa shape index (κ1) is 19.0. The van der Waals surface area contributed by atoms with Crippen molar-refractivity contribution in [2.75, 3.05) is 13.2 Å². The Morgan fingerprint density at radius 1 is 0.958 bits per heavy atom. The Bertz CT molecular complexity index is 476. The molecule has 0 radical (unpaired) electrons. The second-order valence-electron chi connectivity index (χ2n) is 5.84. The first-order chi connectivity index (χ1) is 11.6. The maximum Gasteiger partial charge on any atom is 0.229 e. The van der Waals surface area contributed by atoms with E-state index in [1.165, 1.54) is 0 Å². The average Bonchev–Trinajstić information content (AvgIpc) is 2.60. The smallest absolute Gasteiger partial charge is 0.229 e. The van der Waals surface area contributed by atoms with E-state index >= 15 is 0 Å². The molecule has 1 heterocycles. The summed E-state index contributed by atoms with van der Waals surface area (Å²) < 4.78 is 16.4. The molecule has 2 rings (SSSR count). The fourth-order valence-corrected chi connectivity index (χ4v) is 2.46. The number of unbranched alkanes of at least 4 members (excludes halogenated alkanes) is 2. The number of hydrogen-bond donors (Lipinski definition) is 4. The number of hydrogen-bond acceptors (Lipinski definition) is 7. The van der Waals surface area contributed by atoms with E-state index in [1.807, 2.05) is 0 Å². The van der Waals surface area contributed by atoms with Crippen LogP contribution < -0.4 is 9.47 Å². The molecule has 1 aromatic carbocycles. The second-order valence-corrected chi connectivity index (χ2v) is 5.84. The normalized spacial score (nSPS) is 30.1. The van der Waals surface area contributed by atoms with Gasteiger partial charge in [0.15, 0.2) is 0 Å². The van der Waals surface area contributed by atoms with Crippen LogP contribution in [0.1, 0.15) is 26.2 Å². The molecule has 1 fully saturated rings. The van der Waals surface area contributed by atoms with E-state index < -0.39 is 37.3 Å². The number of aliphatic hydroxyl groups is 4. The van der Waals surface area contributed by atoms with Crippen LogP contribution in [0.4, 0.5) is 0 Å². The lowest BCUT2D eigenvalue weighted by Gasteiger charge is -2.39. The van der Waals surface area contributed by atoms with Crippen molar-refractivity contribution in [1.82, 2.24) is 0 Å².